The van der Waals surface area contributed by atoms with Gasteiger partial charge in [0.1, 0.15) is 12.3 Å². The van der Waals surface area contributed by atoms with E-state index in [9.17, 15) is 9.59 Å². The summed E-state index contributed by atoms with van der Waals surface area (Å²) >= 11 is 0. The number of urea groups is 1. The van der Waals surface area contributed by atoms with Crippen LogP contribution in [0, 0.1) is 12.8 Å². The molecule has 0 spiro atoms. The minimum atomic E-state index is -0.531. The van der Waals surface area contributed by atoms with Gasteiger partial charge in [-0.2, -0.15) is 0 Å². The van der Waals surface area contributed by atoms with Crippen LogP contribution in [0.25, 0.3) is 0 Å². The first kappa shape index (κ1) is 18.9. The van der Waals surface area contributed by atoms with Crippen molar-refractivity contribution in [1.29, 1.82) is 0 Å². The SMILES string of the molecule is CC[C@H](C)[C@H]1C(=O)Nc2ccccc2CN1C(=O)N(C)Cc1coc(C)n1. The van der Waals surface area contributed by atoms with Gasteiger partial charge in [0, 0.05) is 19.7 Å². The Balaban J connectivity index is 1.89. The number of fused-ring (bicyclic) bond motifs is 1. The van der Waals surface area contributed by atoms with Crippen molar-refractivity contribution in [1.82, 2.24) is 14.8 Å². The molecule has 1 aliphatic heterocycles. The van der Waals surface area contributed by atoms with Gasteiger partial charge in [0.2, 0.25) is 5.91 Å². The number of aromatic nitrogens is 1. The van der Waals surface area contributed by atoms with E-state index in [0.717, 1.165) is 17.7 Å². The minimum absolute atomic E-state index is 0.0333. The molecule has 0 saturated heterocycles. The number of rotatable bonds is 4. The Hall–Kier alpha value is -2.83. The number of nitrogens with zero attached hydrogens (tertiary/aromatic N) is 3. The number of anilines is 1. The predicted octanol–water partition coefficient (Wildman–Crippen LogP) is 3.40. The van der Waals surface area contributed by atoms with Crippen molar-refractivity contribution >= 4 is 17.6 Å². The molecule has 2 aromatic rings. The topological polar surface area (TPSA) is 78.7 Å². The Kier molecular flexibility index (Phi) is 5.48. The molecular weight excluding hydrogens is 344 g/mol. The molecule has 1 aliphatic rings. The van der Waals surface area contributed by atoms with Gasteiger partial charge in [-0.05, 0) is 17.5 Å². The number of carbonyl (C=O) groups is 2. The number of carbonyl (C=O) groups excluding carboxylic acids is 2. The highest BCUT2D eigenvalue weighted by atomic mass is 16.3. The molecule has 144 valence electrons. The first-order valence-corrected chi connectivity index (χ1v) is 9.22. The molecule has 2 atom stereocenters. The second-order valence-corrected chi connectivity index (χ2v) is 7.10. The first-order valence-electron chi connectivity index (χ1n) is 9.22. The van der Waals surface area contributed by atoms with Crippen LogP contribution in [0.1, 0.15) is 37.4 Å². The highest BCUT2D eigenvalue weighted by molar-refractivity contribution is 5.98. The second kappa shape index (κ2) is 7.82. The fourth-order valence-electron chi connectivity index (χ4n) is 3.40. The lowest BCUT2D eigenvalue weighted by atomic mass is 9.97. The maximum absolute atomic E-state index is 13.3. The Morgan fingerprint density at radius 3 is 2.85 bits per heavy atom. The summed E-state index contributed by atoms with van der Waals surface area (Å²) in [5.41, 5.74) is 2.37. The summed E-state index contributed by atoms with van der Waals surface area (Å²) in [6, 6.07) is 6.88. The molecule has 0 aliphatic carbocycles. The number of nitrogens with one attached hydrogen (secondary N) is 1. The Morgan fingerprint density at radius 2 is 2.19 bits per heavy atom. The summed E-state index contributed by atoms with van der Waals surface area (Å²) in [7, 11) is 1.72. The zero-order valence-corrected chi connectivity index (χ0v) is 16.2. The fraction of sp³-hybridized carbons (Fsp3) is 0.450. The van der Waals surface area contributed by atoms with E-state index >= 15 is 0 Å². The molecule has 1 N–H and O–H groups in total. The average molecular weight is 370 g/mol. The van der Waals surface area contributed by atoms with Gasteiger partial charge in [-0.3, -0.25) is 4.79 Å². The van der Waals surface area contributed by atoms with Crippen molar-refractivity contribution in [3.8, 4) is 0 Å². The van der Waals surface area contributed by atoms with Gasteiger partial charge in [-0.25, -0.2) is 9.78 Å². The Bertz CT molecular complexity index is 832. The van der Waals surface area contributed by atoms with E-state index in [1.165, 1.54) is 0 Å². The summed E-state index contributed by atoms with van der Waals surface area (Å²) in [5, 5.41) is 2.99. The van der Waals surface area contributed by atoms with Crippen molar-refractivity contribution in [2.45, 2.75) is 46.3 Å². The van der Waals surface area contributed by atoms with E-state index < -0.39 is 6.04 Å². The third-order valence-electron chi connectivity index (χ3n) is 5.04. The molecule has 0 unspecified atom stereocenters. The van der Waals surface area contributed by atoms with E-state index in [0.29, 0.717) is 24.7 Å². The average Bonchev–Trinajstić information content (AvgIpc) is 2.98. The second-order valence-electron chi connectivity index (χ2n) is 7.10. The zero-order valence-electron chi connectivity index (χ0n) is 16.2. The van der Waals surface area contributed by atoms with Crippen molar-refractivity contribution < 1.29 is 14.0 Å². The van der Waals surface area contributed by atoms with Crippen LogP contribution in [0.2, 0.25) is 0 Å². The number of benzene rings is 1. The molecule has 2 heterocycles. The summed E-state index contributed by atoms with van der Waals surface area (Å²) in [4.78, 5) is 33.7. The summed E-state index contributed by atoms with van der Waals surface area (Å²) in [5.74, 6) is 0.450. The molecule has 7 heteroatoms. The molecule has 3 rings (SSSR count). The molecule has 0 saturated carbocycles. The molecule has 3 amide bonds. The van der Waals surface area contributed by atoms with E-state index in [1.54, 1.807) is 30.0 Å². The van der Waals surface area contributed by atoms with Gasteiger partial charge in [-0.1, -0.05) is 38.5 Å². The van der Waals surface area contributed by atoms with Gasteiger partial charge >= 0.3 is 6.03 Å². The number of amides is 3. The maximum atomic E-state index is 13.3. The van der Waals surface area contributed by atoms with Crippen LogP contribution in [-0.2, 0) is 17.9 Å². The molecule has 1 aromatic heterocycles. The van der Waals surface area contributed by atoms with Crippen molar-refractivity contribution in [3.63, 3.8) is 0 Å². The molecule has 7 nitrogen and oxygen atoms in total. The van der Waals surface area contributed by atoms with Crippen LogP contribution >= 0.6 is 0 Å². The van der Waals surface area contributed by atoms with E-state index in [1.807, 2.05) is 38.1 Å². The summed E-state index contributed by atoms with van der Waals surface area (Å²) < 4.78 is 5.22. The molecule has 27 heavy (non-hydrogen) atoms. The van der Waals surface area contributed by atoms with Crippen molar-refractivity contribution in [2.24, 2.45) is 5.92 Å². The van der Waals surface area contributed by atoms with Gasteiger partial charge in [0.15, 0.2) is 5.89 Å². The number of oxazole rings is 1. The van der Waals surface area contributed by atoms with E-state index in [4.69, 9.17) is 4.42 Å². The standard InChI is InChI=1S/C20H26N4O3/c1-5-13(2)18-19(25)22-17-9-7-6-8-15(17)10-24(18)20(26)23(4)11-16-12-27-14(3)21-16/h6-9,12-13,18H,5,10-11H2,1-4H3,(H,22,25)/t13-,18-/m0/s1. The molecular formula is C20H26N4O3. The van der Waals surface area contributed by atoms with Crippen molar-refractivity contribution in [3.05, 3.63) is 47.7 Å². The lowest BCUT2D eigenvalue weighted by Gasteiger charge is -2.35. The van der Waals surface area contributed by atoms with Crippen LogP contribution in [0.4, 0.5) is 10.5 Å². The smallest absolute Gasteiger partial charge is 0.321 e. The number of aryl methyl sites for hydroxylation is 1. The van der Waals surface area contributed by atoms with Gasteiger partial charge in [-0.15, -0.1) is 0 Å². The quantitative estimate of drug-likeness (QED) is 0.895. The predicted molar refractivity (Wildman–Crippen MR) is 102 cm³/mol. The van der Waals surface area contributed by atoms with E-state index in [2.05, 4.69) is 10.3 Å². The summed E-state index contributed by atoms with van der Waals surface area (Å²) in [6.45, 7) is 6.50. The molecule has 0 fully saturated rings. The van der Waals surface area contributed by atoms with Gasteiger partial charge in [0.25, 0.3) is 0 Å². The lowest BCUT2D eigenvalue weighted by Crippen LogP contribution is -2.52. The third kappa shape index (κ3) is 3.97. The third-order valence-corrected chi connectivity index (χ3v) is 5.04. The van der Waals surface area contributed by atoms with Gasteiger partial charge < -0.3 is 19.5 Å². The number of hydrogen-bond acceptors (Lipinski definition) is 4. The van der Waals surface area contributed by atoms with Crippen LogP contribution in [0.5, 0.6) is 0 Å². The monoisotopic (exact) mass is 370 g/mol. The zero-order chi connectivity index (χ0) is 19.6. The molecule has 0 radical (unpaired) electrons. The lowest BCUT2D eigenvalue weighted by molar-refractivity contribution is -0.122. The first-order chi connectivity index (χ1) is 12.9. The van der Waals surface area contributed by atoms with Crippen LogP contribution in [-0.4, -0.2) is 39.8 Å². The fourth-order valence-corrected chi connectivity index (χ4v) is 3.40. The maximum Gasteiger partial charge on any atom is 0.321 e. The normalized spacial score (nSPS) is 17.7. The van der Waals surface area contributed by atoms with Crippen LogP contribution in [0.15, 0.2) is 34.9 Å². The Morgan fingerprint density at radius 1 is 1.44 bits per heavy atom. The van der Waals surface area contributed by atoms with Gasteiger partial charge in [0.05, 0.1) is 18.8 Å². The number of hydrogen-bond donors (Lipinski definition) is 1. The molecule has 0 bridgehead atoms. The number of para-hydroxylation sites is 1. The minimum Gasteiger partial charge on any atom is -0.449 e. The Labute approximate surface area is 159 Å². The van der Waals surface area contributed by atoms with Crippen LogP contribution < -0.4 is 5.32 Å². The van der Waals surface area contributed by atoms with Crippen molar-refractivity contribution in [2.75, 3.05) is 12.4 Å². The highest BCUT2D eigenvalue weighted by Gasteiger charge is 2.37. The van der Waals surface area contributed by atoms with E-state index in [-0.39, 0.29) is 17.9 Å². The summed E-state index contributed by atoms with van der Waals surface area (Å²) in [6.07, 6.45) is 2.35. The van der Waals surface area contributed by atoms with Crippen LogP contribution in [0.3, 0.4) is 0 Å². The highest BCUT2D eigenvalue weighted by Crippen LogP contribution is 2.28. The molecule has 1 aromatic carbocycles. The largest absolute Gasteiger partial charge is 0.449 e.